The van der Waals surface area contributed by atoms with Crippen molar-refractivity contribution in [3.8, 4) is 5.75 Å². The Labute approximate surface area is 113 Å². The van der Waals surface area contributed by atoms with Crippen molar-refractivity contribution in [1.82, 2.24) is 0 Å². The molecule has 1 aromatic carbocycles. The third-order valence-electron chi connectivity index (χ3n) is 2.03. The van der Waals surface area contributed by atoms with E-state index in [4.69, 9.17) is 5.73 Å². The molecule has 0 fully saturated rings. The largest absolute Gasteiger partial charge is 0.506 e. The van der Waals surface area contributed by atoms with Crippen LogP contribution in [-0.2, 0) is 0 Å². The van der Waals surface area contributed by atoms with Crippen molar-refractivity contribution in [3.63, 3.8) is 0 Å². The number of hydrogen-bond donors (Lipinski definition) is 3. The number of nitrogens with two attached hydrogens (primary N) is 1. The molecule has 0 heterocycles. The zero-order chi connectivity index (χ0) is 11.7. The Morgan fingerprint density at radius 2 is 1.80 bits per heavy atom. The summed E-state index contributed by atoms with van der Waals surface area (Å²) in [6.45, 7) is 1.60. The van der Waals surface area contributed by atoms with Crippen molar-refractivity contribution >= 4 is 47.8 Å². The number of benzene rings is 1. The van der Waals surface area contributed by atoms with E-state index in [2.05, 4.69) is 47.8 Å². The predicted octanol–water partition coefficient (Wildman–Crippen LogP) is 3.06. The van der Waals surface area contributed by atoms with E-state index in [0.29, 0.717) is 14.5 Å². The lowest BCUT2D eigenvalue weighted by Gasteiger charge is -2.19. The molecule has 3 nitrogen and oxygen atoms in total. The number of aliphatic hydroxyl groups is 1. The lowest BCUT2D eigenvalue weighted by Crippen LogP contribution is -2.24. The molecule has 0 saturated carbocycles. The zero-order valence-electron chi connectivity index (χ0n) is 7.84. The molecule has 0 bridgehead atoms. The van der Waals surface area contributed by atoms with Gasteiger partial charge < -0.3 is 15.9 Å². The Morgan fingerprint density at radius 1 is 1.27 bits per heavy atom. The van der Waals surface area contributed by atoms with Crippen LogP contribution in [0.25, 0.3) is 0 Å². The number of aromatic hydroxyl groups is 1. The highest BCUT2D eigenvalue weighted by Gasteiger charge is 2.21. The summed E-state index contributed by atoms with van der Waals surface area (Å²) in [6, 6.07) is 1.13. The van der Waals surface area contributed by atoms with Crippen LogP contribution in [-0.4, -0.2) is 16.3 Å². The summed E-state index contributed by atoms with van der Waals surface area (Å²) < 4.78 is 1.77. The third-order valence-corrected chi connectivity index (χ3v) is 4.10. The van der Waals surface area contributed by atoms with E-state index in [1.165, 1.54) is 0 Å². The number of rotatable bonds is 2. The molecule has 0 unspecified atom stereocenters. The second-order valence-electron chi connectivity index (χ2n) is 3.18. The van der Waals surface area contributed by atoms with Gasteiger partial charge in [-0.1, -0.05) is 15.9 Å². The molecule has 0 amide bonds. The van der Waals surface area contributed by atoms with E-state index in [1.54, 1.807) is 13.0 Å². The van der Waals surface area contributed by atoms with Gasteiger partial charge in [-0.2, -0.15) is 0 Å². The highest BCUT2D eigenvalue weighted by atomic mass is 79.9. The molecular formula is C9H10Br3NO2. The summed E-state index contributed by atoms with van der Waals surface area (Å²) in [4.78, 5) is 0. The second kappa shape index (κ2) is 5.14. The summed E-state index contributed by atoms with van der Waals surface area (Å²) in [5.41, 5.74) is 6.47. The standard InChI is InChI=1S/C9H10Br3NO2/c1-3(14)8(13)6-4(10)2-5(11)9(15)7(6)12/h2-3,8,14-15H,13H2,1H3/t3-,8-/m0/s1. The van der Waals surface area contributed by atoms with Crippen molar-refractivity contribution in [2.24, 2.45) is 5.73 Å². The highest BCUT2D eigenvalue weighted by molar-refractivity contribution is 9.11. The van der Waals surface area contributed by atoms with Crippen LogP contribution in [0.15, 0.2) is 19.5 Å². The summed E-state index contributed by atoms with van der Waals surface area (Å²) >= 11 is 9.79. The molecule has 4 N–H and O–H groups in total. The molecule has 1 rings (SSSR count). The molecule has 0 aromatic heterocycles. The van der Waals surface area contributed by atoms with Crippen molar-refractivity contribution < 1.29 is 10.2 Å². The van der Waals surface area contributed by atoms with Gasteiger partial charge >= 0.3 is 0 Å². The maximum Gasteiger partial charge on any atom is 0.144 e. The molecule has 15 heavy (non-hydrogen) atoms. The molecule has 0 radical (unpaired) electrons. The number of halogens is 3. The first-order chi connectivity index (χ1) is 6.86. The van der Waals surface area contributed by atoms with E-state index < -0.39 is 12.1 Å². The van der Waals surface area contributed by atoms with Crippen molar-refractivity contribution in [3.05, 3.63) is 25.0 Å². The SMILES string of the molecule is C[C@H](O)[C@H](N)c1c(Br)cc(Br)c(O)c1Br. The number of phenolic OH excluding ortho intramolecular Hbond substituents is 1. The van der Waals surface area contributed by atoms with Gasteiger partial charge in [-0.05, 0) is 44.8 Å². The minimum atomic E-state index is -0.696. The van der Waals surface area contributed by atoms with Gasteiger partial charge in [0, 0.05) is 10.0 Å². The van der Waals surface area contributed by atoms with Crippen molar-refractivity contribution in [2.45, 2.75) is 19.1 Å². The van der Waals surface area contributed by atoms with Gasteiger partial charge in [0.2, 0.25) is 0 Å². The average Bonchev–Trinajstić information content (AvgIpc) is 2.14. The van der Waals surface area contributed by atoms with E-state index in [1.807, 2.05) is 0 Å². The van der Waals surface area contributed by atoms with Gasteiger partial charge in [0.1, 0.15) is 5.75 Å². The van der Waals surface area contributed by atoms with Gasteiger partial charge in [-0.3, -0.25) is 0 Å². The Kier molecular flexibility index (Phi) is 4.61. The maximum atomic E-state index is 9.69. The van der Waals surface area contributed by atoms with Crippen LogP contribution in [0.1, 0.15) is 18.5 Å². The minimum Gasteiger partial charge on any atom is -0.506 e. The van der Waals surface area contributed by atoms with Gasteiger partial charge in [0.05, 0.1) is 21.1 Å². The van der Waals surface area contributed by atoms with Crippen molar-refractivity contribution in [1.29, 1.82) is 0 Å². The number of aliphatic hydroxyl groups excluding tert-OH is 1. The van der Waals surface area contributed by atoms with Gasteiger partial charge in [-0.15, -0.1) is 0 Å². The Hall–Kier alpha value is 0.380. The van der Waals surface area contributed by atoms with Crippen LogP contribution in [0.4, 0.5) is 0 Å². The first kappa shape index (κ1) is 13.4. The number of phenols is 1. The smallest absolute Gasteiger partial charge is 0.144 e. The first-order valence-electron chi connectivity index (χ1n) is 4.16. The Bertz CT molecular complexity index is 382. The fraction of sp³-hybridized carbons (Fsp3) is 0.333. The normalized spacial score (nSPS) is 15.1. The quantitative estimate of drug-likeness (QED) is 0.711. The second-order valence-corrected chi connectivity index (χ2v) is 5.68. The molecule has 2 atom stereocenters. The molecule has 0 aliphatic heterocycles. The van der Waals surface area contributed by atoms with Crippen LogP contribution in [0.5, 0.6) is 5.75 Å². The monoisotopic (exact) mass is 401 g/mol. The zero-order valence-corrected chi connectivity index (χ0v) is 12.6. The van der Waals surface area contributed by atoms with Crippen LogP contribution in [0, 0.1) is 0 Å². The van der Waals surface area contributed by atoms with E-state index in [0.717, 1.165) is 4.47 Å². The lowest BCUT2D eigenvalue weighted by molar-refractivity contribution is 0.163. The average molecular weight is 404 g/mol. The van der Waals surface area contributed by atoms with E-state index in [-0.39, 0.29) is 5.75 Å². The predicted molar refractivity (Wildman–Crippen MR) is 69.8 cm³/mol. The van der Waals surface area contributed by atoms with Gasteiger partial charge in [-0.25, -0.2) is 0 Å². The molecule has 0 aliphatic rings. The van der Waals surface area contributed by atoms with Crippen LogP contribution in [0.3, 0.4) is 0 Å². The molecule has 0 spiro atoms. The summed E-state index contributed by atoms with van der Waals surface area (Å²) in [5, 5.41) is 19.1. The van der Waals surface area contributed by atoms with E-state index >= 15 is 0 Å². The van der Waals surface area contributed by atoms with Crippen molar-refractivity contribution in [2.75, 3.05) is 0 Å². The highest BCUT2D eigenvalue weighted by Crippen LogP contribution is 2.42. The molecule has 6 heteroatoms. The molecule has 1 aromatic rings. The third kappa shape index (κ3) is 2.74. The summed E-state index contributed by atoms with van der Waals surface area (Å²) in [6.07, 6.45) is -0.696. The van der Waals surface area contributed by atoms with E-state index in [9.17, 15) is 10.2 Å². The van der Waals surface area contributed by atoms with Crippen LogP contribution >= 0.6 is 47.8 Å². The van der Waals surface area contributed by atoms with Crippen LogP contribution < -0.4 is 5.73 Å². The lowest BCUT2D eigenvalue weighted by atomic mass is 10.0. The van der Waals surface area contributed by atoms with Gasteiger partial charge in [0.25, 0.3) is 0 Å². The molecule has 0 aliphatic carbocycles. The fourth-order valence-electron chi connectivity index (χ4n) is 1.14. The Morgan fingerprint density at radius 3 is 2.27 bits per heavy atom. The fourth-order valence-corrected chi connectivity index (χ4v) is 3.79. The molecular weight excluding hydrogens is 394 g/mol. The molecule has 0 saturated heterocycles. The van der Waals surface area contributed by atoms with Gasteiger partial charge in [0.15, 0.2) is 0 Å². The van der Waals surface area contributed by atoms with Crippen LogP contribution in [0.2, 0.25) is 0 Å². The summed E-state index contributed by atoms with van der Waals surface area (Å²) in [5.74, 6) is 0.0734. The maximum absolute atomic E-state index is 9.69. The first-order valence-corrected chi connectivity index (χ1v) is 6.54. The topological polar surface area (TPSA) is 66.5 Å². The molecule has 84 valence electrons. The minimum absolute atomic E-state index is 0.0734. The Balaban J connectivity index is 3.36. The number of hydrogen-bond acceptors (Lipinski definition) is 3. The summed E-state index contributed by atoms with van der Waals surface area (Å²) in [7, 11) is 0.